The summed E-state index contributed by atoms with van der Waals surface area (Å²) in [5.74, 6) is -1.54. The first-order valence-electron chi connectivity index (χ1n) is 7.96. The van der Waals surface area contributed by atoms with E-state index in [9.17, 15) is 14.4 Å². The lowest BCUT2D eigenvalue weighted by Gasteiger charge is -2.25. The number of anilines is 1. The highest BCUT2D eigenvalue weighted by molar-refractivity contribution is 5.98. The molecule has 0 bridgehead atoms. The molecule has 0 spiro atoms. The van der Waals surface area contributed by atoms with Crippen LogP contribution in [0.15, 0.2) is 39.5 Å². The molecule has 3 heterocycles. The Morgan fingerprint density at radius 2 is 2.15 bits per heavy atom. The van der Waals surface area contributed by atoms with Crippen molar-refractivity contribution in [3.8, 4) is 0 Å². The number of oxazole rings is 1. The van der Waals surface area contributed by atoms with Gasteiger partial charge in [-0.15, -0.1) is 0 Å². The molecule has 3 aromatic rings. The Hall–Kier alpha value is -3.42. The fourth-order valence-electron chi connectivity index (χ4n) is 3.21. The molecule has 0 saturated carbocycles. The molecule has 0 unspecified atom stereocenters. The van der Waals surface area contributed by atoms with Crippen molar-refractivity contribution in [2.45, 2.75) is 12.3 Å². The molecular formula is C18H15N3O5. The fourth-order valence-corrected chi connectivity index (χ4v) is 3.21. The van der Waals surface area contributed by atoms with Gasteiger partial charge in [0, 0.05) is 36.8 Å². The van der Waals surface area contributed by atoms with Crippen molar-refractivity contribution in [1.29, 1.82) is 0 Å². The Labute approximate surface area is 147 Å². The highest BCUT2D eigenvalue weighted by Gasteiger charge is 2.29. The Morgan fingerprint density at radius 1 is 1.35 bits per heavy atom. The Morgan fingerprint density at radius 3 is 2.92 bits per heavy atom. The number of amides is 1. The zero-order valence-corrected chi connectivity index (χ0v) is 14.1. The quantitative estimate of drug-likeness (QED) is 0.705. The number of pyridine rings is 1. The van der Waals surface area contributed by atoms with E-state index in [1.165, 1.54) is 11.7 Å². The van der Waals surface area contributed by atoms with Gasteiger partial charge in [-0.05, 0) is 23.8 Å². The number of benzene rings is 1. The number of ether oxygens (including phenoxy) is 1. The van der Waals surface area contributed by atoms with E-state index in [4.69, 9.17) is 9.15 Å². The lowest BCUT2D eigenvalue weighted by molar-refractivity contribution is -0.116. The summed E-state index contributed by atoms with van der Waals surface area (Å²) in [6, 6.07) is 8.47. The van der Waals surface area contributed by atoms with Crippen LogP contribution in [-0.2, 0) is 16.6 Å². The van der Waals surface area contributed by atoms with Gasteiger partial charge in [0.2, 0.25) is 5.91 Å². The number of esters is 1. The van der Waals surface area contributed by atoms with Gasteiger partial charge in [0.1, 0.15) is 5.69 Å². The molecule has 8 nitrogen and oxygen atoms in total. The minimum atomic E-state index is -0.542. The van der Waals surface area contributed by atoms with Crippen LogP contribution in [0.1, 0.15) is 34.1 Å². The van der Waals surface area contributed by atoms with Crippen molar-refractivity contribution in [3.63, 3.8) is 0 Å². The number of rotatable bonds is 2. The number of nitrogens with zero attached hydrogens (tertiary/aromatic N) is 2. The number of carbonyl (C=O) groups excluding carboxylic acids is 2. The summed E-state index contributed by atoms with van der Waals surface area (Å²) in [5.41, 5.74) is 3.15. The van der Waals surface area contributed by atoms with Gasteiger partial charge in [0.15, 0.2) is 5.58 Å². The SMILES string of the molecule is COC(=O)c1cccc([C@@H]2CC(=O)Nc3cc4oc(=O)n(C)c4cc32)n1. The molecule has 0 saturated heterocycles. The molecule has 0 fully saturated rings. The zero-order chi connectivity index (χ0) is 18.4. The monoisotopic (exact) mass is 353 g/mol. The van der Waals surface area contributed by atoms with Crippen molar-refractivity contribution in [2.24, 2.45) is 7.05 Å². The summed E-state index contributed by atoms with van der Waals surface area (Å²) in [5, 5.41) is 2.80. The van der Waals surface area contributed by atoms with E-state index < -0.39 is 11.7 Å². The van der Waals surface area contributed by atoms with Gasteiger partial charge in [-0.2, -0.15) is 0 Å². The van der Waals surface area contributed by atoms with Crippen LogP contribution in [0.5, 0.6) is 0 Å². The smallest absolute Gasteiger partial charge is 0.419 e. The highest BCUT2D eigenvalue weighted by atomic mass is 16.5. The molecular weight excluding hydrogens is 338 g/mol. The average Bonchev–Trinajstić information content (AvgIpc) is 2.92. The maximum atomic E-state index is 12.2. The normalized spacial score (nSPS) is 16.2. The molecule has 26 heavy (non-hydrogen) atoms. The van der Waals surface area contributed by atoms with Crippen molar-refractivity contribution in [3.05, 3.63) is 57.8 Å². The Bertz CT molecular complexity index is 1110. The van der Waals surface area contributed by atoms with Gasteiger partial charge < -0.3 is 14.5 Å². The summed E-state index contributed by atoms with van der Waals surface area (Å²) in [7, 11) is 2.91. The van der Waals surface area contributed by atoms with Gasteiger partial charge in [-0.25, -0.2) is 14.6 Å². The number of hydrogen-bond acceptors (Lipinski definition) is 6. The van der Waals surface area contributed by atoms with Gasteiger partial charge >= 0.3 is 11.7 Å². The third-order valence-corrected chi connectivity index (χ3v) is 4.52. The second kappa shape index (κ2) is 5.83. The third-order valence-electron chi connectivity index (χ3n) is 4.52. The van der Waals surface area contributed by atoms with Crippen molar-refractivity contribution >= 4 is 28.7 Å². The number of aryl methyl sites for hydroxylation is 1. The van der Waals surface area contributed by atoms with Crippen LogP contribution in [0.3, 0.4) is 0 Å². The molecule has 1 aliphatic heterocycles. The number of carbonyl (C=O) groups is 2. The molecule has 1 N–H and O–H groups in total. The van der Waals surface area contributed by atoms with Crippen LogP contribution < -0.4 is 11.1 Å². The lowest BCUT2D eigenvalue weighted by atomic mass is 9.87. The maximum absolute atomic E-state index is 12.2. The third kappa shape index (κ3) is 2.46. The van der Waals surface area contributed by atoms with Gasteiger partial charge in [-0.3, -0.25) is 9.36 Å². The van der Waals surface area contributed by atoms with E-state index in [2.05, 4.69) is 10.3 Å². The second-order valence-electron chi connectivity index (χ2n) is 6.08. The topological polar surface area (TPSA) is 103 Å². The number of nitrogens with one attached hydrogen (secondary N) is 1. The number of hydrogen-bond donors (Lipinski definition) is 1. The van der Waals surface area contributed by atoms with Crippen LogP contribution in [-0.4, -0.2) is 28.5 Å². The fraction of sp³-hybridized carbons (Fsp3) is 0.222. The molecule has 132 valence electrons. The summed E-state index contributed by atoms with van der Waals surface area (Å²) in [6.45, 7) is 0. The molecule has 1 atom stereocenters. The Balaban J connectivity index is 1.89. The first-order chi connectivity index (χ1) is 12.5. The van der Waals surface area contributed by atoms with E-state index in [1.54, 1.807) is 31.3 Å². The van der Waals surface area contributed by atoms with Crippen molar-refractivity contribution in [2.75, 3.05) is 12.4 Å². The maximum Gasteiger partial charge on any atom is 0.419 e. The van der Waals surface area contributed by atoms with E-state index >= 15 is 0 Å². The first-order valence-corrected chi connectivity index (χ1v) is 7.96. The lowest BCUT2D eigenvalue weighted by Crippen LogP contribution is -2.24. The first kappa shape index (κ1) is 16.1. The molecule has 1 aliphatic rings. The highest BCUT2D eigenvalue weighted by Crippen LogP contribution is 2.38. The zero-order valence-electron chi connectivity index (χ0n) is 14.1. The second-order valence-corrected chi connectivity index (χ2v) is 6.08. The largest absolute Gasteiger partial charge is 0.464 e. The molecule has 8 heteroatoms. The molecule has 4 rings (SSSR count). The van der Waals surface area contributed by atoms with Crippen LogP contribution in [0.25, 0.3) is 11.1 Å². The minimum absolute atomic E-state index is 0.175. The van der Waals surface area contributed by atoms with Crippen LogP contribution >= 0.6 is 0 Å². The van der Waals surface area contributed by atoms with Gasteiger partial charge in [0.05, 0.1) is 12.6 Å². The Kier molecular flexibility index (Phi) is 3.61. The number of methoxy groups -OCH3 is 1. The molecule has 0 aliphatic carbocycles. The predicted octanol–water partition coefficient (Wildman–Crippen LogP) is 1.79. The summed E-state index contributed by atoms with van der Waals surface area (Å²) >= 11 is 0. The van der Waals surface area contributed by atoms with Gasteiger partial charge in [-0.1, -0.05) is 6.07 Å². The van der Waals surface area contributed by atoms with Crippen LogP contribution in [0.4, 0.5) is 5.69 Å². The average molecular weight is 353 g/mol. The van der Waals surface area contributed by atoms with Gasteiger partial charge in [0.25, 0.3) is 0 Å². The molecule has 1 amide bonds. The van der Waals surface area contributed by atoms with Crippen molar-refractivity contribution < 1.29 is 18.7 Å². The molecule has 2 aromatic heterocycles. The van der Waals surface area contributed by atoms with E-state index in [0.717, 1.165) is 5.56 Å². The van der Waals surface area contributed by atoms with Crippen molar-refractivity contribution in [1.82, 2.24) is 9.55 Å². The number of fused-ring (bicyclic) bond motifs is 2. The van der Waals surface area contributed by atoms with Crippen LogP contribution in [0, 0.1) is 0 Å². The molecule has 1 aromatic carbocycles. The standard InChI is InChI=1S/C18H15N3O5/c1-21-14-6-9-10(11-4-3-5-12(19-11)17(23)25-2)7-16(22)20-13(9)8-15(14)26-18(21)24/h3-6,8,10H,7H2,1-2H3,(H,20,22)/t10-/m1/s1. The van der Waals surface area contributed by atoms with E-state index in [-0.39, 0.29) is 23.9 Å². The summed E-state index contributed by atoms with van der Waals surface area (Å²) < 4.78 is 11.3. The summed E-state index contributed by atoms with van der Waals surface area (Å²) in [4.78, 5) is 40.1. The molecule has 0 radical (unpaired) electrons. The van der Waals surface area contributed by atoms with Crippen LogP contribution in [0.2, 0.25) is 0 Å². The minimum Gasteiger partial charge on any atom is -0.464 e. The van der Waals surface area contributed by atoms with E-state index in [0.29, 0.717) is 22.5 Å². The number of aromatic nitrogens is 2. The predicted molar refractivity (Wildman–Crippen MR) is 92.1 cm³/mol. The summed E-state index contributed by atoms with van der Waals surface area (Å²) in [6.07, 6.45) is 0.182. The van der Waals surface area contributed by atoms with E-state index in [1.807, 2.05) is 6.07 Å².